The summed E-state index contributed by atoms with van der Waals surface area (Å²) in [5.74, 6) is 0. The molecule has 0 N–H and O–H groups in total. The number of hydrogen-bond donors (Lipinski definition) is 0. The first-order valence-electron chi connectivity index (χ1n) is 5.27. The molecule has 4 heteroatoms. The van der Waals surface area contributed by atoms with Crippen molar-refractivity contribution >= 4 is 0 Å². The lowest BCUT2D eigenvalue weighted by Crippen LogP contribution is -2.65. The van der Waals surface area contributed by atoms with Crippen molar-refractivity contribution in [3.8, 4) is 0 Å². The zero-order valence-electron chi connectivity index (χ0n) is 10.4. The summed E-state index contributed by atoms with van der Waals surface area (Å²) in [5.41, 5.74) is -0.472. The second-order valence-corrected chi connectivity index (χ2v) is 4.25. The summed E-state index contributed by atoms with van der Waals surface area (Å²) in [6.45, 7) is 5.99. The summed E-state index contributed by atoms with van der Waals surface area (Å²) in [4.78, 5) is 0. The van der Waals surface area contributed by atoms with Gasteiger partial charge in [-0.05, 0) is 20.8 Å². The molecule has 4 nitrogen and oxygen atoms in total. The molecule has 0 aromatic heterocycles. The fraction of sp³-hybridized carbons (Fsp3) is 1.00. The molecule has 0 saturated carbocycles. The summed E-state index contributed by atoms with van der Waals surface area (Å²) >= 11 is 0. The molecule has 0 aromatic rings. The van der Waals surface area contributed by atoms with E-state index in [1.54, 1.807) is 21.3 Å². The molecule has 5 atom stereocenters. The van der Waals surface area contributed by atoms with Crippen LogP contribution in [-0.2, 0) is 18.9 Å². The standard InChI is InChI=1S/C11H22O4/c1-7-9(12-4)11(3,14-6)10(13-5)8(2)15-7/h7-10H,1-6H3/t7-,8+,9?,10?,11?. The maximum atomic E-state index is 5.76. The van der Waals surface area contributed by atoms with Gasteiger partial charge < -0.3 is 18.9 Å². The highest BCUT2D eigenvalue weighted by molar-refractivity contribution is 5.01. The molecule has 90 valence electrons. The Kier molecular flexibility index (Phi) is 4.12. The molecule has 1 rings (SSSR count). The SMILES string of the molecule is COC1[C@H](C)O[C@H](C)C(OC)C1(C)OC. The molecule has 0 radical (unpaired) electrons. The molecular formula is C11H22O4. The first-order valence-corrected chi connectivity index (χ1v) is 5.27. The van der Waals surface area contributed by atoms with Gasteiger partial charge in [-0.25, -0.2) is 0 Å². The van der Waals surface area contributed by atoms with Crippen LogP contribution in [0.4, 0.5) is 0 Å². The molecule has 15 heavy (non-hydrogen) atoms. The maximum absolute atomic E-state index is 5.76. The second-order valence-electron chi connectivity index (χ2n) is 4.25. The highest BCUT2D eigenvalue weighted by Gasteiger charge is 2.52. The Hall–Kier alpha value is -0.160. The monoisotopic (exact) mass is 218 g/mol. The first-order chi connectivity index (χ1) is 7.01. The highest BCUT2D eigenvalue weighted by atomic mass is 16.6. The molecular weight excluding hydrogens is 196 g/mol. The van der Waals surface area contributed by atoms with Crippen molar-refractivity contribution in [3.05, 3.63) is 0 Å². The predicted molar refractivity (Wildman–Crippen MR) is 57.0 cm³/mol. The average Bonchev–Trinajstić information content (AvgIpc) is 2.18. The van der Waals surface area contributed by atoms with E-state index in [2.05, 4.69) is 0 Å². The van der Waals surface area contributed by atoms with E-state index in [1.807, 2.05) is 20.8 Å². The van der Waals surface area contributed by atoms with Crippen LogP contribution in [-0.4, -0.2) is 51.3 Å². The van der Waals surface area contributed by atoms with E-state index < -0.39 is 5.60 Å². The zero-order chi connectivity index (χ0) is 11.6. The van der Waals surface area contributed by atoms with Gasteiger partial charge in [-0.3, -0.25) is 0 Å². The van der Waals surface area contributed by atoms with Crippen LogP contribution in [0.25, 0.3) is 0 Å². The van der Waals surface area contributed by atoms with E-state index in [1.165, 1.54) is 0 Å². The van der Waals surface area contributed by atoms with Crippen LogP contribution in [0.1, 0.15) is 20.8 Å². The van der Waals surface area contributed by atoms with E-state index >= 15 is 0 Å². The van der Waals surface area contributed by atoms with E-state index in [0.717, 1.165) is 0 Å². The normalized spacial score (nSPS) is 46.8. The summed E-state index contributed by atoms with van der Waals surface area (Å²) in [6, 6.07) is 0. The van der Waals surface area contributed by atoms with E-state index in [-0.39, 0.29) is 24.4 Å². The van der Waals surface area contributed by atoms with Crippen molar-refractivity contribution in [1.29, 1.82) is 0 Å². The van der Waals surface area contributed by atoms with E-state index in [4.69, 9.17) is 18.9 Å². The van der Waals surface area contributed by atoms with Gasteiger partial charge in [0.05, 0.1) is 12.2 Å². The molecule has 0 bridgehead atoms. The minimum atomic E-state index is -0.472. The van der Waals surface area contributed by atoms with Crippen LogP contribution >= 0.6 is 0 Å². The van der Waals surface area contributed by atoms with Crippen molar-refractivity contribution in [3.63, 3.8) is 0 Å². The van der Waals surface area contributed by atoms with Crippen LogP contribution in [0.3, 0.4) is 0 Å². The first kappa shape index (κ1) is 12.9. The third-order valence-corrected chi connectivity index (χ3v) is 3.36. The molecule has 0 aliphatic carbocycles. The lowest BCUT2D eigenvalue weighted by atomic mass is 9.83. The molecule has 1 heterocycles. The van der Waals surface area contributed by atoms with Crippen molar-refractivity contribution in [2.24, 2.45) is 0 Å². The molecule has 3 unspecified atom stereocenters. The van der Waals surface area contributed by atoms with Crippen molar-refractivity contribution < 1.29 is 18.9 Å². The molecule has 1 aliphatic heterocycles. The van der Waals surface area contributed by atoms with Crippen molar-refractivity contribution in [1.82, 2.24) is 0 Å². The topological polar surface area (TPSA) is 36.9 Å². The third-order valence-electron chi connectivity index (χ3n) is 3.36. The second kappa shape index (κ2) is 4.78. The Bertz CT molecular complexity index is 191. The number of methoxy groups -OCH3 is 3. The van der Waals surface area contributed by atoms with Gasteiger partial charge in [0.1, 0.15) is 17.8 Å². The number of rotatable bonds is 3. The number of hydrogen-bond acceptors (Lipinski definition) is 4. The predicted octanol–water partition coefficient (Wildman–Crippen LogP) is 1.23. The van der Waals surface area contributed by atoms with Gasteiger partial charge in [0, 0.05) is 21.3 Å². The smallest absolute Gasteiger partial charge is 0.122 e. The molecule has 1 aliphatic rings. The Labute approximate surface area is 91.8 Å². The lowest BCUT2D eigenvalue weighted by molar-refractivity contribution is -0.276. The minimum absolute atomic E-state index is 0.00125. The molecule has 0 spiro atoms. The fourth-order valence-corrected chi connectivity index (χ4v) is 2.66. The van der Waals surface area contributed by atoms with E-state index in [0.29, 0.717) is 0 Å². The Morgan fingerprint density at radius 2 is 1.33 bits per heavy atom. The molecule has 0 amide bonds. The zero-order valence-corrected chi connectivity index (χ0v) is 10.4. The Morgan fingerprint density at radius 1 is 0.933 bits per heavy atom. The Morgan fingerprint density at radius 3 is 1.60 bits per heavy atom. The minimum Gasteiger partial charge on any atom is -0.376 e. The van der Waals surface area contributed by atoms with Gasteiger partial charge in [0.15, 0.2) is 0 Å². The summed E-state index contributed by atoms with van der Waals surface area (Å²) in [5, 5.41) is 0. The van der Waals surface area contributed by atoms with Crippen molar-refractivity contribution in [2.75, 3.05) is 21.3 Å². The summed E-state index contributed by atoms with van der Waals surface area (Å²) in [7, 11) is 5.03. The average molecular weight is 218 g/mol. The van der Waals surface area contributed by atoms with Crippen LogP contribution in [0, 0.1) is 0 Å². The van der Waals surface area contributed by atoms with Crippen LogP contribution in [0.15, 0.2) is 0 Å². The fourth-order valence-electron chi connectivity index (χ4n) is 2.66. The van der Waals surface area contributed by atoms with Gasteiger partial charge >= 0.3 is 0 Å². The van der Waals surface area contributed by atoms with Crippen LogP contribution in [0.2, 0.25) is 0 Å². The van der Waals surface area contributed by atoms with Gasteiger partial charge in [-0.15, -0.1) is 0 Å². The quantitative estimate of drug-likeness (QED) is 0.714. The number of ether oxygens (including phenoxy) is 4. The lowest BCUT2D eigenvalue weighted by Gasteiger charge is -2.50. The molecule has 0 aromatic carbocycles. The maximum Gasteiger partial charge on any atom is 0.122 e. The molecule has 1 fully saturated rings. The van der Waals surface area contributed by atoms with Gasteiger partial charge in [-0.2, -0.15) is 0 Å². The van der Waals surface area contributed by atoms with Crippen molar-refractivity contribution in [2.45, 2.75) is 50.8 Å². The third kappa shape index (κ3) is 2.04. The van der Waals surface area contributed by atoms with Gasteiger partial charge in [0.2, 0.25) is 0 Å². The largest absolute Gasteiger partial charge is 0.376 e. The van der Waals surface area contributed by atoms with Gasteiger partial charge in [-0.1, -0.05) is 0 Å². The summed E-state index contributed by atoms with van der Waals surface area (Å²) in [6.07, 6.45) is -0.241. The van der Waals surface area contributed by atoms with Crippen LogP contribution < -0.4 is 0 Å². The Balaban J connectivity index is 2.98. The highest BCUT2D eigenvalue weighted by Crippen LogP contribution is 2.35. The van der Waals surface area contributed by atoms with Crippen LogP contribution in [0.5, 0.6) is 0 Å². The van der Waals surface area contributed by atoms with Gasteiger partial charge in [0.25, 0.3) is 0 Å². The molecule has 1 saturated heterocycles. The van der Waals surface area contributed by atoms with E-state index in [9.17, 15) is 0 Å². The summed E-state index contributed by atoms with van der Waals surface area (Å²) < 4.78 is 22.3.